The molecule has 0 saturated heterocycles. The van der Waals surface area contributed by atoms with Gasteiger partial charge in [0, 0.05) is 11.1 Å². The van der Waals surface area contributed by atoms with Crippen LogP contribution in [0.15, 0.2) is 17.7 Å². The largest absolute Gasteiger partial charge is 0.493 e. The summed E-state index contributed by atoms with van der Waals surface area (Å²) in [5, 5.41) is 9.05. The molecule has 0 unspecified atom stereocenters. The summed E-state index contributed by atoms with van der Waals surface area (Å²) in [6.07, 6.45) is 1.13. The van der Waals surface area contributed by atoms with Crippen LogP contribution in [0.25, 0.3) is 6.08 Å². The second kappa shape index (κ2) is 8.96. The molecule has 24 heavy (non-hydrogen) atoms. The summed E-state index contributed by atoms with van der Waals surface area (Å²) < 4.78 is 15.7. The van der Waals surface area contributed by atoms with E-state index in [9.17, 15) is 9.59 Å². The standard InChI is InChI=1S/C18H24O6/c1-6-24-18(21)13(10-15(19)20)9-12-7-8-14(22-4)17(23-5)16(12)11(2)3/h7-9,11H,6,10H2,1-5H3,(H,19,20). The lowest BCUT2D eigenvalue weighted by Gasteiger charge is -2.18. The van der Waals surface area contributed by atoms with Crippen LogP contribution in [-0.2, 0) is 14.3 Å². The number of carboxylic acid groups (broad SMARTS) is 1. The summed E-state index contributed by atoms with van der Waals surface area (Å²) in [4.78, 5) is 23.1. The summed E-state index contributed by atoms with van der Waals surface area (Å²) in [5.74, 6) is -0.506. The Hall–Kier alpha value is -2.50. The smallest absolute Gasteiger partial charge is 0.334 e. The molecule has 0 aromatic heterocycles. The highest BCUT2D eigenvalue weighted by atomic mass is 16.5. The summed E-state index contributed by atoms with van der Waals surface area (Å²) in [7, 11) is 3.09. The lowest BCUT2D eigenvalue weighted by atomic mass is 9.93. The highest BCUT2D eigenvalue weighted by molar-refractivity contribution is 5.98. The Bertz CT molecular complexity index is 631. The maximum absolute atomic E-state index is 12.0. The van der Waals surface area contributed by atoms with E-state index in [0.717, 1.165) is 5.56 Å². The molecule has 0 aliphatic carbocycles. The molecule has 0 saturated carbocycles. The predicted molar refractivity (Wildman–Crippen MR) is 90.5 cm³/mol. The van der Waals surface area contributed by atoms with Crippen molar-refractivity contribution < 1.29 is 28.9 Å². The number of ether oxygens (including phenoxy) is 3. The van der Waals surface area contributed by atoms with Crippen LogP contribution in [0, 0.1) is 0 Å². The molecule has 0 heterocycles. The Morgan fingerprint density at radius 2 is 1.88 bits per heavy atom. The molecule has 0 bridgehead atoms. The van der Waals surface area contributed by atoms with Crippen molar-refractivity contribution in [1.82, 2.24) is 0 Å². The molecule has 132 valence electrons. The third-order valence-electron chi connectivity index (χ3n) is 3.40. The van der Waals surface area contributed by atoms with Crippen molar-refractivity contribution in [3.8, 4) is 11.5 Å². The van der Waals surface area contributed by atoms with Crippen LogP contribution in [0.5, 0.6) is 11.5 Å². The number of esters is 1. The van der Waals surface area contributed by atoms with E-state index in [1.807, 2.05) is 13.8 Å². The number of aliphatic carboxylic acids is 1. The molecule has 6 heteroatoms. The van der Waals surface area contributed by atoms with Gasteiger partial charge in [0.25, 0.3) is 0 Å². The van der Waals surface area contributed by atoms with Gasteiger partial charge in [0.1, 0.15) is 0 Å². The van der Waals surface area contributed by atoms with Gasteiger partial charge >= 0.3 is 11.9 Å². The van der Waals surface area contributed by atoms with Crippen LogP contribution >= 0.6 is 0 Å². The molecule has 1 aromatic carbocycles. The van der Waals surface area contributed by atoms with Crippen molar-refractivity contribution in [2.75, 3.05) is 20.8 Å². The number of carboxylic acids is 1. The predicted octanol–water partition coefficient (Wildman–Crippen LogP) is 3.25. The molecule has 0 fully saturated rings. The molecular formula is C18H24O6. The maximum atomic E-state index is 12.0. The van der Waals surface area contributed by atoms with E-state index in [4.69, 9.17) is 19.3 Å². The lowest BCUT2D eigenvalue weighted by molar-refractivity contribution is -0.142. The Morgan fingerprint density at radius 3 is 2.33 bits per heavy atom. The topological polar surface area (TPSA) is 82.1 Å². The van der Waals surface area contributed by atoms with E-state index in [0.29, 0.717) is 17.1 Å². The number of carbonyl (C=O) groups excluding carboxylic acids is 1. The first-order chi connectivity index (χ1) is 11.3. The Morgan fingerprint density at radius 1 is 1.21 bits per heavy atom. The van der Waals surface area contributed by atoms with E-state index < -0.39 is 18.4 Å². The zero-order valence-corrected chi connectivity index (χ0v) is 14.7. The van der Waals surface area contributed by atoms with Crippen LogP contribution in [0.1, 0.15) is 44.2 Å². The number of benzene rings is 1. The summed E-state index contributed by atoms with van der Waals surface area (Å²) in [5.41, 5.74) is 1.62. The van der Waals surface area contributed by atoms with Gasteiger partial charge in [-0.25, -0.2) is 4.79 Å². The third kappa shape index (κ3) is 4.75. The van der Waals surface area contributed by atoms with Gasteiger partial charge in [-0.1, -0.05) is 19.9 Å². The SMILES string of the molecule is CCOC(=O)C(=Cc1ccc(OC)c(OC)c1C(C)C)CC(=O)O. The fourth-order valence-corrected chi connectivity index (χ4v) is 2.44. The van der Waals surface area contributed by atoms with Gasteiger partial charge < -0.3 is 19.3 Å². The van der Waals surface area contributed by atoms with Crippen LogP contribution < -0.4 is 9.47 Å². The van der Waals surface area contributed by atoms with Gasteiger partial charge in [0.2, 0.25) is 0 Å². The minimum Gasteiger partial charge on any atom is -0.493 e. The highest BCUT2D eigenvalue weighted by Crippen LogP contribution is 2.39. The first-order valence-electron chi connectivity index (χ1n) is 7.70. The quantitative estimate of drug-likeness (QED) is 0.580. The molecule has 0 radical (unpaired) electrons. The van der Waals surface area contributed by atoms with Crippen molar-refractivity contribution in [2.24, 2.45) is 0 Å². The molecule has 0 aliphatic rings. The summed E-state index contributed by atoms with van der Waals surface area (Å²) in [6, 6.07) is 3.50. The van der Waals surface area contributed by atoms with E-state index in [1.165, 1.54) is 0 Å². The molecular weight excluding hydrogens is 312 g/mol. The van der Waals surface area contributed by atoms with E-state index in [2.05, 4.69) is 0 Å². The molecule has 1 N–H and O–H groups in total. The fourth-order valence-electron chi connectivity index (χ4n) is 2.44. The van der Waals surface area contributed by atoms with Gasteiger partial charge in [-0.2, -0.15) is 0 Å². The zero-order valence-electron chi connectivity index (χ0n) is 14.7. The number of carbonyl (C=O) groups is 2. The lowest BCUT2D eigenvalue weighted by Crippen LogP contribution is -2.12. The second-order valence-electron chi connectivity index (χ2n) is 5.42. The first kappa shape index (κ1) is 19.5. The number of rotatable bonds is 8. The second-order valence-corrected chi connectivity index (χ2v) is 5.42. The molecule has 1 rings (SSSR count). The summed E-state index contributed by atoms with van der Waals surface area (Å²) in [6.45, 7) is 5.82. The molecule has 0 aliphatic heterocycles. The maximum Gasteiger partial charge on any atom is 0.334 e. The van der Waals surface area contributed by atoms with Gasteiger partial charge in [-0.3, -0.25) is 4.79 Å². The third-order valence-corrected chi connectivity index (χ3v) is 3.40. The van der Waals surface area contributed by atoms with Crippen molar-refractivity contribution >= 4 is 18.0 Å². The molecule has 1 aromatic rings. The molecule has 0 atom stereocenters. The summed E-state index contributed by atoms with van der Waals surface area (Å²) >= 11 is 0. The van der Waals surface area contributed by atoms with Crippen LogP contribution in [0.3, 0.4) is 0 Å². The molecule has 0 amide bonds. The van der Waals surface area contributed by atoms with Crippen LogP contribution in [0.4, 0.5) is 0 Å². The van der Waals surface area contributed by atoms with Gasteiger partial charge in [-0.15, -0.1) is 0 Å². The van der Waals surface area contributed by atoms with Crippen molar-refractivity contribution in [3.05, 3.63) is 28.8 Å². The number of hydrogen-bond donors (Lipinski definition) is 1. The normalized spacial score (nSPS) is 11.3. The minimum atomic E-state index is -1.10. The monoisotopic (exact) mass is 336 g/mol. The van der Waals surface area contributed by atoms with Gasteiger partial charge in [-0.05, 0) is 30.5 Å². The van der Waals surface area contributed by atoms with E-state index >= 15 is 0 Å². The zero-order chi connectivity index (χ0) is 18.3. The minimum absolute atomic E-state index is 0.0783. The number of methoxy groups -OCH3 is 2. The van der Waals surface area contributed by atoms with Crippen molar-refractivity contribution in [3.63, 3.8) is 0 Å². The van der Waals surface area contributed by atoms with E-state index in [-0.39, 0.29) is 18.1 Å². The number of hydrogen-bond acceptors (Lipinski definition) is 5. The average Bonchev–Trinajstić information content (AvgIpc) is 2.52. The van der Waals surface area contributed by atoms with Gasteiger partial charge in [0.05, 0.1) is 27.2 Å². The van der Waals surface area contributed by atoms with E-state index in [1.54, 1.807) is 39.4 Å². The van der Waals surface area contributed by atoms with Crippen molar-refractivity contribution in [2.45, 2.75) is 33.1 Å². The Labute approximate surface area is 142 Å². The Kier molecular flexibility index (Phi) is 7.30. The van der Waals surface area contributed by atoms with Crippen LogP contribution in [0.2, 0.25) is 0 Å². The average molecular weight is 336 g/mol. The molecule has 6 nitrogen and oxygen atoms in total. The highest BCUT2D eigenvalue weighted by Gasteiger charge is 2.20. The fraction of sp³-hybridized carbons (Fsp3) is 0.444. The van der Waals surface area contributed by atoms with Crippen molar-refractivity contribution in [1.29, 1.82) is 0 Å². The van der Waals surface area contributed by atoms with Gasteiger partial charge in [0.15, 0.2) is 11.5 Å². The first-order valence-corrected chi connectivity index (χ1v) is 7.70. The van der Waals surface area contributed by atoms with Crippen LogP contribution in [-0.4, -0.2) is 37.9 Å². The Balaban J connectivity index is 3.50. The molecule has 0 spiro atoms.